The van der Waals surface area contributed by atoms with E-state index in [1.807, 2.05) is 62.6 Å². The summed E-state index contributed by atoms with van der Waals surface area (Å²) in [7, 11) is 0. The molecule has 0 saturated carbocycles. The predicted molar refractivity (Wildman–Crippen MR) is 113 cm³/mol. The van der Waals surface area contributed by atoms with Crippen LogP contribution in [0.4, 0.5) is 0 Å². The Labute approximate surface area is 166 Å². The molecular weight excluding hydrogens is 348 g/mol. The van der Waals surface area contributed by atoms with Crippen molar-refractivity contribution in [1.29, 1.82) is 0 Å². The van der Waals surface area contributed by atoms with Crippen molar-refractivity contribution < 1.29 is 4.79 Å². The van der Waals surface area contributed by atoms with Gasteiger partial charge in [0.1, 0.15) is 17.6 Å². The Kier molecular flexibility index (Phi) is 5.27. The van der Waals surface area contributed by atoms with Gasteiger partial charge in [0.25, 0.3) is 0 Å². The Morgan fingerprint density at radius 3 is 2.39 bits per heavy atom. The van der Waals surface area contributed by atoms with Crippen molar-refractivity contribution in [3.63, 3.8) is 0 Å². The Morgan fingerprint density at radius 1 is 1.14 bits per heavy atom. The summed E-state index contributed by atoms with van der Waals surface area (Å²) in [6, 6.07) is 9.48. The molecule has 144 valence electrons. The molecule has 0 spiro atoms. The highest BCUT2D eigenvalue weighted by molar-refractivity contribution is 6.18. The fourth-order valence-corrected chi connectivity index (χ4v) is 3.26. The average Bonchev–Trinajstić information content (AvgIpc) is 2.98. The third-order valence-corrected chi connectivity index (χ3v) is 4.86. The van der Waals surface area contributed by atoms with E-state index in [2.05, 4.69) is 23.4 Å². The van der Waals surface area contributed by atoms with Gasteiger partial charge in [-0.3, -0.25) is 14.4 Å². The number of allylic oxidation sites excluding steroid dienone is 4. The molecule has 1 aliphatic rings. The van der Waals surface area contributed by atoms with Crippen molar-refractivity contribution in [2.24, 2.45) is 10.4 Å². The lowest BCUT2D eigenvalue weighted by molar-refractivity contribution is -0.126. The quantitative estimate of drug-likeness (QED) is 0.761. The summed E-state index contributed by atoms with van der Waals surface area (Å²) in [6.07, 6.45) is 3.80. The number of fused-ring (bicyclic) bond motifs is 1. The van der Waals surface area contributed by atoms with Crippen molar-refractivity contribution in [1.82, 2.24) is 14.8 Å². The topological polar surface area (TPSA) is 60.1 Å². The Morgan fingerprint density at radius 2 is 1.82 bits per heavy atom. The first-order valence-corrected chi connectivity index (χ1v) is 9.36. The smallest absolute Gasteiger partial charge is 0.162 e. The number of hydrogen-bond donors (Lipinski definition) is 0. The van der Waals surface area contributed by atoms with Gasteiger partial charge in [0.05, 0.1) is 11.4 Å². The SMILES string of the molecule is C=CC1=C(C=C)n2c(C)nnc2[C@H](CC(=O)C(C)(C)C)N=C1c1ccccc1. The van der Waals surface area contributed by atoms with Gasteiger partial charge in [-0.15, -0.1) is 10.2 Å². The van der Waals surface area contributed by atoms with Crippen LogP contribution in [0.2, 0.25) is 0 Å². The number of carbonyl (C=O) groups is 1. The van der Waals surface area contributed by atoms with E-state index in [1.54, 1.807) is 12.2 Å². The molecule has 3 rings (SSSR count). The Bertz CT molecular complexity index is 987. The standard InChI is InChI=1S/C23H26N4O/c1-7-17-19(8-2)27-15(3)25-26-22(27)18(14-20(28)23(4,5)6)24-21(17)16-12-10-9-11-13-16/h7-13,18H,1-2,14H2,3-6H3/t18-/m0/s1. The summed E-state index contributed by atoms with van der Waals surface area (Å²) in [6.45, 7) is 15.7. The molecule has 0 saturated heterocycles. The van der Waals surface area contributed by atoms with Gasteiger partial charge in [0, 0.05) is 23.0 Å². The van der Waals surface area contributed by atoms with E-state index in [4.69, 9.17) is 4.99 Å². The average molecular weight is 374 g/mol. The van der Waals surface area contributed by atoms with Gasteiger partial charge in [-0.2, -0.15) is 0 Å². The molecule has 0 unspecified atom stereocenters. The fourth-order valence-electron chi connectivity index (χ4n) is 3.26. The number of aryl methyl sites for hydroxylation is 1. The van der Waals surface area contributed by atoms with Crippen molar-refractivity contribution in [3.05, 3.63) is 78.4 Å². The first kappa shape index (κ1) is 19.7. The number of aliphatic imine (C=N–C) groups is 1. The molecule has 0 N–H and O–H groups in total. The van der Waals surface area contributed by atoms with Crippen molar-refractivity contribution in [2.75, 3.05) is 0 Å². The molecule has 1 aromatic heterocycles. The third-order valence-electron chi connectivity index (χ3n) is 4.86. The van der Waals surface area contributed by atoms with Gasteiger partial charge in [-0.05, 0) is 13.0 Å². The molecule has 5 heteroatoms. The number of ketones is 1. The number of rotatable bonds is 5. The Balaban J connectivity index is 2.27. The third kappa shape index (κ3) is 3.52. The molecule has 1 atom stereocenters. The molecule has 1 aromatic carbocycles. The van der Waals surface area contributed by atoms with Crippen LogP contribution in [-0.4, -0.2) is 26.3 Å². The molecule has 28 heavy (non-hydrogen) atoms. The van der Waals surface area contributed by atoms with Gasteiger partial charge in [-0.25, -0.2) is 0 Å². The van der Waals surface area contributed by atoms with E-state index in [-0.39, 0.29) is 12.2 Å². The lowest BCUT2D eigenvalue weighted by atomic mass is 9.87. The van der Waals surface area contributed by atoms with Gasteiger partial charge in [-0.1, -0.05) is 70.3 Å². The monoisotopic (exact) mass is 374 g/mol. The summed E-state index contributed by atoms with van der Waals surface area (Å²) in [4.78, 5) is 17.8. The van der Waals surface area contributed by atoms with E-state index in [0.717, 1.165) is 28.4 Å². The van der Waals surface area contributed by atoms with Crippen LogP contribution in [0.1, 0.15) is 50.4 Å². The maximum absolute atomic E-state index is 12.8. The minimum Gasteiger partial charge on any atom is -0.299 e. The highest BCUT2D eigenvalue weighted by Gasteiger charge is 2.32. The minimum atomic E-state index is -0.454. The van der Waals surface area contributed by atoms with Crippen LogP contribution >= 0.6 is 0 Å². The largest absolute Gasteiger partial charge is 0.299 e. The minimum absolute atomic E-state index is 0.128. The van der Waals surface area contributed by atoms with E-state index in [1.165, 1.54) is 0 Å². The fraction of sp³-hybridized carbons (Fsp3) is 0.304. The Hall–Kier alpha value is -3.08. The first-order valence-electron chi connectivity index (χ1n) is 9.36. The summed E-state index contributed by atoms with van der Waals surface area (Å²) in [5.74, 6) is 1.50. The zero-order valence-corrected chi connectivity index (χ0v) is 16.9. The van der Waals surface area contributed by atoms with Gasteiger partial charge in [0.15, 0.2) is 5.82 Å². The first-order chi connectivity index (χ1) is 13.3. The zero-order chi connectivity index (χ0) is 20.5. The normalized spacial score (nSPS) is 16.9. The van der Waals surface area contributed by atoms with Gasteiger partial charge >= 0.3 is 0 Å². The lowest BCUT2D eigenvalue weighted by Gasteiger charge is -2.19. The molecule has 0 fully saturated rings. The molecule has 2 aromatic rings. The van der Waals surface area contributed by atoms with E-state index in [0.29, 0.717) is 5.82 Å². The maximum atomic E-state index is 12.8. The number of aromatic nitrogens is 3. The highest BCUT2D eigenvalue weighted by Crippen LogP contribution is 2.34. The second kappa shape index (κ2) is 7.50. The number of Topliss-reactive ketones (excluding diaryl/α,β-unsaturated/α-hetero) is 1. The van der Waals surface area contributed by atoms with Crippen LogP contribution in [-0.2, 0) is 4.79 Å². The number of nitrogens with zero attached hydrogens (tertiary/aromatic N) is 4. The lowest BCUT2D eigenvalue weighted by Crippen LogP contribution is -2.23. The molecule has 5 nitrogen and oxygen atoms in total. The van der Waals surface area contributed by atoms with E-state index in [9.17, 15) is 4.79 Å². The van der Waals surface area contributed by atoms with Gasteiger partial charge in [0.2, 0.25) is 0 Å². The molecule has 1 aliphatic heterocycles. The van der Waals surface area contributed by atoms with Crippen LogP contribution in [0.15, 0.2) is 66.2 Å². The maximum Gasteiger partial charge on any atom is 0.162 e. The highest BCUT2D eigenvalue weighted by atomic mass is 16.1. The second-order valence-corrected chi connectivity index (χ2v) is 7.88. The molecular formula is C23H26N4O. The number of benzene rings is 1. The van der Waals surface area contributed by atoms with Crippen molar-refractivity contribution in [2.45, 2.75) is 40.2 Å². The van der Waals surface area contributed by atoms with Crippen LogP contribution in [0.25, 0.3) is 5.70 Å². The molecule has 0 amide bonds. The van der Waals surface area contributed by atoms with Crippen LogP contribution in [0, 0.1) is 12.3 Å². The molecule has 0 aliphatic carbocycles. The second-order valence-electron chi connectivity index (χ2n) is 7.88. The summed E-state index contributed by atoms with van der Waals surface area (Å²) in [5.41, 5.74) is 2.95. The van der Waals surface area contributed by atoms with Crippen LogP contribution in [0.3, 0.4) is 0 Å². The van der Waals surface area contributed by atoms with Crippen LogP contribution in [0.5, 0.6) is 0 Å². The summed E-state index contributed by atoms with van der Waals surface area (Å²) in [5, 5.41) is 8.61. The molecule has 0 bridgehead atoms. The zero-order valence-electron chi connectivity index (χ0n) is 16.9. The van der Waals surface area contributed by atoms with Crippen molar-refractivity contribution >= 4 is 17.2 Å². The van der Waals surface area contributed by atoms with Gasteiger partial charge < -0.3 is 0 Å². The predicted octanol–water partition coefficient (Wildman–Crippen LogP) is 4.72. The van der Waals surface area contributed by atoms with Crippen molar-refractivity contribution in [3.8, 4) is 0 Å². The number of hydrogen-bond acceptors (Lipinski definition) is 4. The molecule has 0 radical (unpaired) electrons. The van der Waals surface area contributed by atoms with E-state index >= 15 is 0 Å². The summed E-state index contributed by atoms with van der Waals surface area (Å²) < 4.78 is 1.93. The molecule has 2 heterocycles. The summed E-state index contributed by atoms with van der Waals surface area (Å²) >= 11 is 0. The van der Waals surface area contributed by atoms with Crippen LogP contribution < -0.4 is 0 Å². The van der Waals surface area contributed by atoms with E-state index < -0.39 is 11.5 Å². The number of carbonyl (C=O) groups excluding carboxylic acids is 1.